The van der Waals surface area contributed by atoms with E-state index in [0.717, 1.165) is 4.90 Å². The number of hydrogen-bond donors (Lipinski definition) is 2. The molecule has 0 heterocycles. The molecule has 2 N–H and O–H groups in total. The fourth-order valence-corrected chi connectivity index (χ4v) is 2.35. The molecule has 0 atom stereocenters. The molecular weight excluding hydrogens is 286 g/mol. The third-order valence-electron chi connectivity index (χ3n) is 3.09. The van der Waals surface area contributed by atoms with E-state index < -0.39 is 5.97 Å². The molecule has 0 saturated carbocycles. The molecule has 0 spiro atoms. The minimum atomic E-state index is -1.06. The number of benzene rings is 2. The van der Waals surface area contributed by atoms with Crippen LogP contribution < -0.4 is 5.32 Å². The van der Waals surface area contributed by atoms with E-state index in [4.69, 9.17) is 0 Å². The number of carbonyl (C=O) groups is 2. The third kappa shape index (κ3) is 3.44. The first-order chi connectivity index (χ1) is 10.0. The molecule has 4 nitrogen and oxygen atoms in total. The average Bonchev–Trinajstić information content (AvgIpc) is 2.49. The third-order valence-corrected chi connectivity index (χ3v) is 3.84. The largest absolute Gasteiger partial charge is 0.478 e. The van der Waals surface area contributed by atoms with Gasteiger partial charge in [-0.1, -0.05) is 12.1 Å². The van der Waals surface area contributed by atoms with Crippen molar-refractivity contribution >= 4 is 29.3 Å². The van der Waals surface area contributed by atoms with Gasteiger partial charge in [-0.3, -0.25) is 4.79 Å². The van der Waals surface area contributed by atoms with E-state index in [2.05, 4.69) is 5.32 Å². The second-order valence-corrected chi connectivity index (χ2v) is 5.36. The molecule has 108 valence electrons. The first-order valence-electron chi connectivity index (χ1n) is 6.31. The van der Waals surface area contributed by atoms with Crippen LogP contribution in [0, 0.1) is 6.92 Å². The number of carboxylic acid groups (broad SMARTS) is 1. The fourth-order valence-electron chi connectivity index (χ4n) is 1.94. The highest BCUT2D eigenvalue weighted by Crippen LogP contribution is 2.22. The van der Waals surface area contributed by atoms with Gasteiger partial charge in [0.2, 0.25) is 0 Å². The lowest BCUT2D eigenvalue weighted by Gasteiger charge is -2.11. The highest BCUT2D eigenvalue weighted by molar-refractivity contribution is 7.98. The summed E-state index contributed by atoms with van der Waals surface area (Å²) in [5.74, 6) is -1.38. The lowest BCUT2D eigenvalue weighted by atomic mass is 10.1. The summed E-state index contributed by atoms with van der Waals surface area (Å²) in [5, 5.41) is 11.9. The van der Waals surface area contributed by atoms with E-state index in [0.29, 0.717) is 16.8 Å². The van der Waals surface area contributed by atoms with E-state index in [9.17, 15) is 14.7 Å². The van der Waals surface area contributed by atoms with Gasteiger partial charge in [0, 0.05) is 10.5 Å². The van der Waals surface area contributed by atoms with Gasteiger partial charge in [0.15, 0.2) is 0 Å². The minimum absolute atomic E-state index is 0.0871. The predicted molar refractivity (Wildman–Crippen MR) is 84.3 cm³/mol. The first-order valence-corrected chi connectivity index (χ1v) is 7.53. The lowest BCUT2D eigenvalue weighted by molar-refractivity contribution is 0.0698. The summed E-state index contributed by atoms with van der Waals surface area (Å²) in [7, 11) is 0. The number of nitrogens with one attached hydrogen (secondary N) is 1. The summed E-state index contributed by atoms with van der Waals surface area (Å²) in [6, 6.07) is 12.0. The van der Waals surface area contributed by atoms with Crippen molar-refractivity contribution in [3.8, 4) is 0 Å². The number of para-hydroxylation sites is 1. The zero-order valence-corrected chi connectivity index (χ0v) is 12.5. The van der Waals surface area contributed by atoms with Crippen molar-refractivity contribution in [3.63, 3.8) is 0 Å². The number of rotatable bonds is 4. The Morgan fingerprint density at radius 3 is 2.33 bits per heavy atom. The van der Waals surface area contributed by atoms with Crippen LogP contribution in [0.25, 0.3) is 0 Å². The molecule has 21 heavy (non-hydrogen) atoms. The van der Waals surface area contributed by atoms with Crippen LogP contribution >= 0.6 is 11.8 Å². The van der Waals surface area contributed by atoms with E-state index >= 15 is 0 Å². The van der Waals surface area contributed by atoms with Gasteiger partial charge in [0.25, 0.3) is 5.91 Å². The van der Waals surface area contributed by atoms with Gasteiger partial charge >= 0.3 is 5.97 Å². The summed E-state index contributed by atoms with van der Waals surface area (Å²) in [6.07, 6.45) is 1.96. The van der Waals surface area contributed by atoms with Crippen LogP contribution in [0.2, 0.25) is 0 Å². The molecule has 2 aromatic carbocycles. The highest BCUT2D eigenvalue weighted by atomic mass is 32.2. The van der Waals surface area contributed by atoms with Gasteiger partial charge < -0.3 is 10.4 Å². The Kier molecular flexibility index (Phi) is 4.65. The molecule has 0 radical (unpaired) electrons. The van der Waals surface area contributed by atoms with Crippen molar-refractivity contribution in [2.24, 2.45) is 0 Å². The Hall–Kier alpha value is -2.27. The normalized spacial score (nSPS) is 10.2. The van der Waals surface area contributed by atoms with Crippen LogP contribution in [0.5, 0.6) is 0 Å². The molecule has 0 unspecified atom stereocenters. The SMILES string of the molecule is CSc1ccc(C(=O)Nc2c(C)cccc2C(=O)O)cc1. The summed E-state index contributed by atoms with van der Waals surface area (Å²) in [4.78, 5) is 24.5. The van der Waals surface area contributed by atoms with Gasteiger partial charge in [-0.25, -0.2) is 4.79 Å². The molecule has 0 aromatic heterocycles. The Balaban J connectivity index is 2.29. The molecule has 2 rings (SSSR count). The second-order valence-electron chi connectivity index (χ2n) is 4.49. The van der Waals surface area contributed by atoms with Crippen molar-refractivity contribution in [2.45, 2.75) is 11.8 Å². The Labute approximate surface area is 127 Å². The van der Waals surface area contributed by atoms with E-state index in [1.54, 1.807) is 43.0 Å². The van der Waals surface area contributed by atoms with Gasteiger partial charge in [-0.05, 0) is 49.1 Å². The monoisotopic (exact) mass is 301 g/mol. The van der Waals surface area contributed by atoms with Crippen molar-refractivity contribution in [2.75, 3.05) is 11.6 Å². The number of carboxylic acids is 1. The summed E-state index contributed by atoms with van der Waals surface area (Å²) >= 11 is 1.59. The Bertz CT molecular complexity index is 680. The van der Waals surface area contributed by atoms with Crippen LogP contribution in [-0.2, 0) is 0 Å². The van der Waals surface area contributed by atoms with Crippen molar-refractivity contribution in [3.05, 3.63) is 59.2 Å². The van der Waals surface area contributed by atoms with E-state index in [-0.39, 0.29) is 11.5 Å². The summed E-state index contributed by atoms with van der Waals surface area (Å²) < 4.78 is 0. The number of carbonyl (C=O) groups excluding carboxylic acids is 1. The molecule has 0 fully saturated rings. The highest BCUT2D eigenvalue weighted by Gasteiger charge is 2.15. The van der Waals surface area contributed by atoms with Gasteiger partial charge in [-0.15, -0.1) is 11.8 Å². The number of hydrogen-bond acceptors (Lipinski definition) is 3. The first kappa shape index (κ1) is 15.1. The second kappa shape index (κ2) is 6.45. The number of thioether (sulfide) groups is 1. The molecule has 0 aliphatic rings. The maximum absolute atomic E-state index is 12.2. The Morgan fingerprint density at radius 2 is 1.76 bits per heavy atom. The lowest BCUT2D eigenvalue weighted by Crippen LogP contribution is -2.15. The number of amides is 1. The predicted octanol–water partition coefficient (Wildman–Crippen LogP) is 3.67. The zero-order chi connectivity index (χ0) is 15.4. The maximum atomic E-state index is 12.2. The Morgan fingerprint density at radius 1 is 1.10 bits per heavy atom. The summed E-state index contributed by atoms with van der Waals surface area (Å²) in [6.45, 7) is 1.76. The van der Waals surface area contributed by atoms with Crippen molar-refractivity contribution < 1.29 is 14.7 Å². The standard InChI is InChI=1S/C16H15NO3S/c1-10-4-3-5-13(16(19)20)14(10)17-15(18)11-6-8-12(21-2)9-7-11/h3-9H,1-2H3,(H,17,18)(H,19,20). The molecule has 0 aliphatic carbocycles. The van der Waals surface area contributed by atoms with Gasteiger partial charge in [0.05, 0.1) is 11.3 Å². The zero-order valence-electron chi connectivity index (χ0n) is 11.7. The molecule has 0 aliphatic heterocycles. The number of aromatic carboxylic acids is 1. The van der Waals surface area contributed by atoms with Gasteiger partial charge in [0.1, 0.15) is 0 Å². The van der Waals surface area contributed by atoms with Crippen LogP contribution in [0.4, 0.5) is 5.69 Å². The molecule has 0 saturated heterocycles. The van der Waals surface area contributed by atoms with Crippen molar-refractivity contribution in [1.29, 1.82) is 0 Å². The van der Waals surface area contributed by atoms with Crippen LogP contribution in [0.15, 0.2) is 47.4 Å². The molecular formula is C16H15NO3S. The average molecular weight is 301 g/mol. The van der Waals surface area contributed by atoms with Crippen molar-refractivity contribution in [1.82, 2.24) is 0 Å². The smallest absolute Gasteiger partial charge is 0.337 e. The molecule has 0 bridgehead atoms. The molecule has 1 amide bonds. The number of aryl methyl sites for hydroxylation is 1. The topological polar surface area (TPSA) is 66.4 Å². The van der Waals surface area contributed by atoms with E-state index in [1.165, 1.54) is 6.07 Å². The maximum Gasteiger partial charge on any atom is 0.337 e. The summed E-state index contributed by atoms with van der Waals surface area (Å²) in [5.41, 5.74) is 1.63. The quantitative estimate of drug-likeness (QED) is 0.846. The van der Waals surface area contributed by atoms with Crippen LogP contribution in [0.1, 0.15) is 26.3 Å². The molecule has 2 aromatic rings. The minimum Gasteiger partial charge on any atom is -0.478 e. The molecule has 5 heteroatoms. The van der Waals surface area contributed by atoms with E-state index in [1.807, 2.05) is 18.4 Å². The van der Waals surface area contributed by atoms with Crippen LogP contribution in [-0.4, -0.2) is 23.2 Å². The van der Waals surface area contributed by atoms with Crippen LogP contribution in [0.3, 0.4) is 0 Å². The number of anilines is 1. The fraction of sp³-hybridized carbons (Fsp3) is 0.125. The van der Waals surface area contributed by atoms with Gasteiger partial charge in [-0.2, -0.15) is 0 Å².